The smallest absolute Gasteiger partial charge is 0.305 e. The number of carboxylic acid groups (broad SMARTS) is 1. The first kappa shape index (κ1) is 15.0. The van der Waals surface area contributed by atoms with Crippen molar-refractivity contribution in [3.05, 3.63) is 65.5 Å². The highest BCUT2D eigenvalue weighted by Gasteiger charge is 2.13. The molecule has 1 N–H and O–H groups in total. The van der Waals surface area contributed by atoms with Gasteiger partial charge >= 0.3 is 5.97 Å². The minimum atomic E-state index is -0.889. The molecule has 0 amide bonds. The van der Waals surface area contributed by atoms with E-state index in [9.17, 15) is 9.18 Å². The first-order chi connectivity index (χ1) is 10.1. The largest absolute Gasteiger partial charge is 0.481 e. The normalized spacial score (nSPS) is 10.4. The molecule has 0 heterocycles. The van der Waals surface area contributed by atoms with E-state index in [0.717, 1.165) is 11.1 Å². The zero-order valence-electron chi connectivity index (χ0n) is 11.9. The topological polar surface area (TPSA) is 40.5 Å². The Morgan fingerprint density at radius 2 is 1.81 bits per heavy atom. The number of benzene rings is 2. The zero-order chi connectivity index (χ0) is 15.2. The molecule has 3 nitrogen and oxygen atoms in total. The Hall–Kier alpha value is -2.36. The van der Waals surface area contributed by atoms with Gasteiger partial charge in [0.05, 0.1) is 12.1 Å². The fraction of sp³-hybridized carbons (Fsp3) is 0.235. The van der Waals surface area contributed by atoms with E-state index in [0.29, 0.717) is 12.2 Å². The maximum absolute atomic E-state index is 13.9. The molecular formula is C17H18FNO2. The molecule has 0 aliphatic carbocycles. The van der Waals surface area contributed by atoms with Gasteiger partial charge in [0.15, 0.2) is 0 Å². The van der Waals surface area contributed by atoms with Gasteiger partial charge in [0, 0.05) is 13.1 Å². The molecule has 0 aromatic heterocycles. The van der Waals surface area contributed by atoms with Gasteiger partial charge in [0.25, 0.3) is 0 Å². The molecule has 110 valence electrons. The van der Waals surface area contributed by atoms with Crippen LogP contribution in [0.3, 0.4) is 0 Å². The molecule has 0 atom stereocenters. The summed E-state index contributed by atoms with van der Waals surface area (Å²) in [7, 11) is 0. The van der Waals surface area contributed by atoms with Crippen molar-refractivity contribution >= 4 is 11.7 Å². The first-order valence-electron chi connectivity index (χ1n) is 6.83. The van der Waals surface area contributed by atoms with Crippen LogP contribution < -0.4 is 4.90 Å². The van der Waals surface area contributed by atoms with Gasteiger partial charge < -0.3 is 10.0 Å². The second-order valence-corrected chi connectivity index (χ2v) is 5.00. The van der Waals surface area contributed by atoms with Gasteiger partial charge in [-0.3, -0.25) is 4.79 Å². The van der Waals surface area contributed by atoms with Gasteiger partial charge in [-0.1, -0.05) is 42.0 Å². The number of aryl methyl sites for hydroxylation is 1. The van der Waals surface area contributed by atoms with Gasteiger partial charge in [0.2, 0.25) is 0 Å². The second kappa shape index (κ2) is 6.88. The molecule has 0 aliphatic rings. The van der Waals surface area contributed by atoms with E-state index >= 15 is 0 Å². The lowest BCUT2D eigenvalue weighted by atomic mass is 10.1. The van der Waals surface area contributed by atoms with Crippen molar-refractivity contribution in [3.63, 3.8) is 0 Å². The summed E-state index contributed by atoms with van der Waals surface area (Å²) in [6.45, 7) is 2.75. The number of hydrogen-bond donors (Lipinski definition) is 1. The van der Waals surface area contributed by atoms with Crippen LogP contribution in [0.2, 0.25) is 0 Å². The van der Waals surface area contributed by atoms with Crippen molar-refractivity contribution in [2.45, 2.75) is 19.9 Å². The number of carbonyl (C=O) groups is 1. The molecule has 0 radical (unpaired) electrons. The number of hydrogen-bond acceptors (Lipinski definition) is 2. The van der Waals surface area contributed by atoms with E-state index in [2.05, 4.69) is 0 Å². The van der Waals surface area contributed by atoms with Crippen LogP contribution in [0.4, 0.5) is 10.1 Å². The lowest BCUT2D eigenvalue weighted by Crippen LogP contribution is -2.26. The van der Waals surface area contributed by atoms with Crippen LogP contribution in [0.5, 0.6) is 0 Å². The number of nitrogens with zero attached hydrogens (tertiary/aromatic N) is 1. The molecule has 0 fully saturated rings. The zero-order valence-corrected chi connectivity index (χ0v) is 11.9. The van der Waals surface area contributed by atoms with Crippen molar-refractivity contribution in [3.8, 4) is 0 Å². The standard InChI is InChI=1S/C17H18FNO2/c1-13-6-8-14(9-7-13)12-19(11-10-17(20)21)16-5-3-2-4-15(16)18/h2-9H,10-12H2,1H3,(H,20,21). The summed E-state index contributed by atoms with van der Waals surface area (Å²) in [6.07, 6.45) is -0.0276. The highest BCUT2D eigenvalue weighted by atomic mass is 19.1. The third-order valence-electron chi connectivity index (χ3n) is 3.28. The molecule has 2 aromatic rings. The monoisotopic (exact) mass is 287 g/mol. The van der Waals surface area contributed by atoms with Gasteiger partial charge in [-0.2, -0.15) is 0 Å². The fourth-order valence-corrected chi connectivity index (χ4v) is 2.14. The molecule has 21 heavy (non-hydrogen) atoms. The fourth-order valence-electron chi connectivity index (χ4n) is 2.14. The summed E-state index contributed by atoms with van der Waals surface area (Å²) >= 11 is 0. The minimum absolute atomic E-state index is 0.0276. The Morgan fingerprint density at radius 1 is 1.14 bits per heavy atom. The Bertz CT molecular complexity index is 610. The van der Waals surface area contributed by atoms with Crippen molar-refractivity contribution in [2.24, 2.45) is 0 Å². The number of halogens is 1. The lowest BCUT2D eigenvalue weighted by Gasteiger charge is -2.25. The third kappa shape index (κ3) is 4.31. The summed E-state index contributed by atoms with van der Waals surface area (Å²) in [4.78, 5) is 12.6. The van der Waals surface area contributed by atoms with Crippen LogP contribution >= 0.6 is 0 Å². The quantitative estimate of drug-likeness (QED) is 0.882. The van der Waals surface area contributed by atoms with Gasteiger partial charge in [0.1, 0.15) is 5.82 Å². The lowest BCUT2D eigenvalue weighted by molar-refractivity contribution is -0.136. The number of aliphatic carboxylic acids is 1. The predicted molar refractivity (Wildman–Crippen MR) is 80.9 cm³/mol. The molecule has 0 spiro atoms. The Kier molecular flexibility index (Phi) is 4.93. The molecule has 0 saturated carbocycles. The van der Waals surface area contributed by atoms with Crippen molar-refractivity contribution in [1.29, 1.82) is 0 Å². The first-order valence-corrected chi connectivity index (χ1v) is 6.83. The highest BCUT2D eigenvalue weighted by molar-refractivity contribution is 5.67. The number of para-hydroxylation sites is 1. The van der Waals surface area contributed by atoms with Crippen molar-refractivity contribution in [2.75, 3.05) is 11.4 Å². The van der Waals surface area contributed by atoms with E-state index in [1.807, 2.05) is 31.2 Å². The highest BCUT2D eigenvalue weighted by Crippen LogP contribution is 2.21. The van der Waals surface area contributed by atoms with Crippen LogP contribution in [0.15, 0.2) is 48.5 Å². The third-order valence-corrected chi connectivity index (χ3v) is 3.28. The average Bonchev–Trinajstić information content (AvgIpc) is 2.46. The number of rotatable bonds is 6. The molecule has 0 aliphatic heterocycles. The van der Waals surface area contributed by atoms with E-state index in [1.54, 1.807) is 23.1 Å². The van der Waals surface area contributed by atoms with E-state index in [4.69, 9.17) is 5.11 Å². The number of carboxylic acids is 1. The van der Waals surface area contributed by atoms with Crippen LogP contribution in [-0.2, 0) is 11.3 Å². The van der Waals surface area contributed by atoms with E-state index < -0.39 is 5.97 Å². The molecular weight excluding hydrogens is 269 g/mol. The van der Waals surface area contributed by atoms with Crippen molar-refractivity contribution < 1.29 is 14.3 Å². The SMILES string of the molecule is Cc1ccc(CN(CCC(=O)O)c2ccccc2F)cc1. The second-order valence-electron chi connectivity index (χ2n) is 5.00. The van der Waals surface area contributed by atoms with Crippen LogP contribution in [0.25, 0.3) is 0 Å². The Morgan fingerprint density at radius 3 is 2.43 bits per heavy atom. The Balaban J connectivity index is 2.21. The average molecular weight is 287 g/mol. The molecule has 0 bridgehead atoms. The summed E-state index contributed by atoms with van der Waals surface area (Å²) in [5, 5.41) is 8.86. The van der Waals surface area contributed by atoms with Crippen LogP contribution in [0, 0.1) is 12.7 Å². The minimum Gasteiger partial charge on any atom is -0.481 e. The van der Waals surface area contributed by atoms with Crippen LogP contribution in [0.1, 0.15) is 17.5 Å². The number of anilines is 1. The van der Waals surface area contributed by atoms with Gasteiger partial charge in [-0.25, -0.2) is 4.39 Å². The van der Waals surface area contributed by atoms with Crippen LogP contribution in [-0.4, -0.2) is 17.6 Å². The summed E-state index contributed by atoms with van der Waals surface area (Å²) in [6, 6.07) is 14.4. The van der Waals surface area contributed by atoms with Crippen molar-refractivity contribution in [1.82, 2.24) is 0 Å². The summed E-state index contributed by atoms with van der Waals surface area (Å²) in [5.41, 5.74) is 2.61. The van der Waals surface area contributed by atoms with Gasteiger partial charge in [-0.05, 0) is 24.6 Å². The van der Waals surface area contributed by atoms with E-state index in [1.165, 1.54) is 6.07 Å². The summed E-state index contributed by atoms with van der Waals surface area (Å²) in [5.74, 6) is -1.23. The predicted octanol–water partition coefficient (Wildman–Crippen LogP) is 3.62. The maximum Gasteiger partial charge on any atom is 0.305 e. The Labute approximate surface area is 123 Å². The molecule has 0 unspecified atom stereocenters. The maximum atomic E-state index is 13.9. The molecule has 4 heteroatoms. The molecule has 2 aromatic carbocycles. The molecule has 0 saturated heterocycles. The summed E-state index contributed by atoms with van der Waals surface area (Å²) < 4.78 is 13.9. The van der Waals surface area contributed by atoms with E-state index in [-0.39, 0.29) is 18.8 Å². The molecule has 2 rings (SSSR count). The van der Waals surface area contributed by atoms with Gasteiger partial charge in [-0.15, -0.1) is 0 Å².